The van der Waals surface area contributed by atoms with Crippen LogP contribution in [0.5, 0.6) is 5.75 Å². The first-order valence-electron chi connectivity index (χ1n) is 8.44. The molecule has 3 rings (SSSR count). The lowest BCUT2D eigenvalue weighted by Crippen LogP contribution is -2.31. The van der Waals surface area contributed by atoms with E-state index < -0.39 is 0 Å². The zero-order valence-electron chi connectivity index (χ0n) is 14.9. The summed E-state index contributed by atoms with van der Waals surface area (Å²) in [5.41, 5.74) is 2.29. The van der Waals surface area contributed by atoms with Gasteiger partial charge < -0.3 is 10.4 Å². The molecule has 2 aromatic rings. The third kappa shape index (κ3) is 5.01. The van der Waals surface area contributed by atoms with Crippen molar-refractivity contribution in [1.82, 2.24) is 4.90 Å². The molecule has 28 heavy (non-hydrogen) atoms. The SMILES string of the molecule is Cc1cccc(NC(=O)CCN2C(=O)/C(=C/c3cc(Br)ccc3O)SC2=S)c1. The van der Waals surface area contributed by atoms with E-state index in [2.05, 4.69) is 21.2 Å². The highest BCUT2D eigenvalue weighted by molar-refractivity contribution is 9.10. The molecule has 0 bridgehead atoms. The van der Waals surface area contributed by atoms with Crippen molar-refractivity contribution in [3.05, 3.63) is 63.0 Å². The molecule has 0 unspecified atom stereocenters. The normalized spacial score (nSPS) is 15.4. The van der Waals surface area contributed by atoms with Crippen molar-refractivity contribution in [3.63, 3.8) is 0 Å². The molecule has 0 aliphatic carbocycles. The first-order chi connectivity index (χ1) is 13.3. The molecule has 2 aromatic carbocycles. The molecule has 1 aliphatic rings. The molecule has 144 valence electrons. The van der Waals surface area contributed by atoms with Gasteiger partial charge in [-0.15, -0.1) is 0 Å². The van der Waals surface area contributed by atoms with E-state index in [1.165, 1.54) is 4.90 Å². The molecule has 5 nitrogen and oxygen atoms in total. The number of hydrogen-bond donors (Lipinski definition) is 2. The number of anilines is 1. The fraction of sp³-hybridized carbons (Fsp3) is 0.150. The van der Waals surface area contributed by atoms with E-state index in [1.54, 1.807) is 24.3 Å². The topological polar surface area (TPSA) is 69.6 Å². The number of thiocarbonyl (C=S) groups is 1. The maximum absolute atomic E-state index is 12.7. The maximum Gasteiger partial charge on any atom is 0.266 e. The number of carbonyl (C=O) groups is 2. The molecular formula is C20H17BrN2O3S2. The maximum atomic E-state index is 12.7. The molecule has 1 aliphatic heterocycles. The van der Waals surface area contributed by atoms with Gasteiger partial charge in [0.15, 0.2) is 0 Å². The Morgan fingerprint density at radius 1 is 1.32 bits per heavy atom. The third-order valence-electron chi connectivity index (χ3n) is 4.01. The summed E-state index contributed by atoms with van der Waals surface area (Å²) in [5.74, 6) is -0.378. The van der Waals surface area contributed by atoms with Crippen molar-refractivity contribution in [1.29, 1.82) is 0 Å². The Hall–Kier alpha value is -2.16. The Bertz CT molecular complexity index is 991. The molecule has 8 heteroatoms. The monoisotopic (exact) mass is 476 g/mol. The van der Waals surface area contributed by atoms with E-state index in [1.807, 2.05) is 31.2 Å². The van der Waals surface area contributed by atoms with E-state index in [-0.39, 0.29) is 30.5 Å². The molecule has 0 spiro atoms. The second-order valence-electron chi connectivity index (χ2n) is 6.20. The highest BCUT2D eigenvalue weighted by Crippen LogP contribution is 2.34. The summed E-state index contributed by atoms with van der Waals surface area (Å²) in [6.45, 7) is 2.15. The van der Waals surface area contributed by atoms with Gasteiger partial charge in [0.05, 0.1) is 4.91 Å². The third-order valence-corrected chi connectivity index (χ3v) is 5.89. The zero-order chi connectivity index (χ0) is 20.3. The quantitative estimate of drug-likeness (QED) is 0.483. The predicted molar refractivity (Wildman–Crippen MR) is 120 cm³/mol. The number of amides is 2. The Balaban J connectivity index is 1.64. The number of thioether (sulfide) groups is 1. The van der Waals surface area contributed by atoms with Gasteiger partial charge in [-0.2, -0.15) is 0 Å². The number of aromatic hydroxyl groups is 1. The van der Waals surface area contributed by atoms with Crippen molar-refractivity contribution in [3.8, 4) is 5.75 Å². The lowest BCUT2D eigenvalue weighted by Gasteiger charge is -2.14. The fourth-order valence-corrected chi connectivity index (χ4v) is 4.31. The Morgan fingerprint density at radius 2 is 2.11 bits per heavy atom. The number of phenolic OH excluding ortho intramolecular Hbond substituents is 1. The van der Waals surface area contributed by atoms with Gasteiger partial charge in [-0.05, 0) is 48.9 Å². The van der Waals surface area contributed by atoms with Crippen molar-refractivity contribution < 1.29 is 14.7 Å². The molecule has 1 heterocycles. The second kappa shape index (κ2) is 8.89. The number of halogens is 1. The van der Waals surface area contributed by atoms with Crippen molar-refractivity contribution in [2.45, 2.75) is 13.3 Å². The molecule has 0 radical (unpaired) electrons. The van der Waals surface area contributed by atoms with Crippen LogP contribution < -0.4 is 5.32 Å². The van der Waals surface area contributed by atoms with Gasteiger partial charge in [-0.25, -0.2) is 0 Å². The molecule has 2 N–H and O–H groups in total. The van der Waals surface area contributed by atoms with Crippen LogP contribution in [0.15, 0.2) is 51.8 Å². The minimum Gasteiger partial charge on any atom is -0.507 e. The minimum absolute atomic E-state index is 0.0750. The van der Waals surface area contributed by atoms with Crippen molar-refractivity contribution in [2.75, 3.05) is 11.9 Å². The highest BCUT2D eigenvalue weighted by Gasteiger charge is 2.32. The smallest absolute Gasteiger partial charge is 0.266 e. The molecule has 1 saturated heterocycles. The van der Waals surface area contributed by atoms with Crippen LogP contribution in [-0.2, 0) is 9.59 Å². The number of nitrogens with one attached hydrogen (secondary N) is 1. The minimum atomic E-state index is -0.266. The van der Waals surface area contributed by atoms with E-state index >= 15 is 0 Å². The van der Waals surface area contributed by atoms with Gasteiger partial charge in [0.1, 0.15) is 10.1 Å². The van der Waals surface area contributed by atoms with Crippen LogP contribution in [-0.4, -0.2) is 32.7 Å². The summed E-state index contributed by atoms with van der Waals surface area (Å²) in [4.78, 5) is 26.7. The van der Waals surface area contributed by atoms with Gasteiger partial charge >= 0.3 is 0 Å². The largest absolute Gasteiger partial charge is 0.507 e. The van der Waals surface area contributed by atoms with E-state index in [9.17, 15) is 14.7 Å². The number of aryl methyl sites for hydroxylation is 1. The first-order valence-corrected chi connectivity index (χ1v) is 10.5. The second-order valence-corrected chi connectivity index (χ2v) is 8.80. The van der Waals surface area contributed by atoms with Crippen LogP contribution in [0.4, 0.5) is 5.69 Å². The van der Waals surface area contributed by atoms with Crippen LogP contribution in [0.2, 0.25) is 0 Å². The first kappa shape index (κ1) is 20.6. The number of rotatable bonds is 5. The number of hydrogen-bond acceptors (Lipinski definition) is 5. The van der Waals surface area contributed by atoms with Gasteiger partial charge in [0.25, 0.3) is 5.91 Å². The van der Waals surface area contributed by atoms with Crippen LogP contribution in [0.1, 0.15) is 17.5 Å². The molecular weight excluding hydrogens is 460 g/mol. The molecule has 0 atom stereocenters. The van der Waals surface area contributed by atoms with Gasteiger partial charge in [-0.1, -0.05) is 52.0 Å². The summed E-state index contributed by atoms with van der Waals surface area (Å²) >= 11 is 9.80. The lowest BCUT2D eigenvalue weighted by atomic mass is 10.2. The Kier molecular flexibility index (Phi) is 6.53. The number of carbonyl (C=O) groups excluding carboxylic acids is 2. The predicted octanol–water partition coefficient (Wildman–Crippen LogP) is 4.69. The number of benzene rings is 2. The summed E-state index contributed by atoms with van der Waals surface area (Å²) in [6.07, 6.45) is 1.74. The standard InChI is InChI=1S/C20H17BrN2O3S2/c1-12-3-2-4-15(9-12)22-18(25)7-8-23-19(26)17(28-20(23)27)11-13-10-14(21)5-6-16(13)24/h2-6,9-11,24H,7-8H2,1H3,(H,22,25)/b17-11-. The van der Waals surface area contributed by atoms with Gasteiger partial charge in [0.2, 0.25) is 5.91 Å². The van der Waals surface area contributed by atoms with Crippen LogP contribution in [0, 0.1) is 6.92 Å². The summed E-state index contributed by atoms with van der Waals surface area (Å²) in [6, 6.07) is 12.5. The zero-order valence-corrected chi connectivity index (χ0v) is 18.2. The average molecular weight is 477 g/mol. The average Bonchev–Trinajstić information content (AvgIpc) is 2.90. The Morgan fingerprint density at radius 3 is 2.86 bits per heavy atom. The van der Waals surface area contributed by atoms with Gasteiger partial charge in [0, 0.05) is 28.7 Å². The highest BCUT2D eigenvalue weighted by atomic mass is 79.9. The van der Waals surface area contributed by atoms with Crippen LogP contribution in [0.25, 0.3) is 6.08 Å². The van der Waals surface area contributed by atoms with E-state index in [0.717, 1.165) is 27.5 Å². The molecule has 0 saturated carbocycles. The van der Waals surface area contributed by atoms with Crippen LogP contribution in [0.3, 0.4) is 0 Å². The summed E-state index contributed by atoms with van der Waals surface area (Å²) in [5, 5.41) is 12.8. The van der Waals surface area contributed by atoms with Gasteiger partial charge in [-0.3, -0.25) is 14.5 Å². The van der Waals surface area contributed by atoms with Crippen molar-refractivity contribution in [2.24, 2.45) is 0 Å². The van der Waals surface area contributed by atoms with E-state index in [4.69, 9.17) is 12.2 Å². The lowest BCUT2D eigenvalue weighted by molar-refractivity contribution is -0.122. The summed E-state index contributed by atoms with van der Waals surface area (Å²) in [7, 11) is 0. The molecule has 0 aromatic heterocycles. The molecule has 1 fully saturated rings. The van der Waals surface area contributed by atoms with Crippen molar-refractivity contribution >= 4 is 67.8 Å². The Labute approximate surface area is 180 Å². The van der Waals surface area contributed by atoms with E-state index in [0.29, 0.717) is 14.8 Å². The number of phenols is 1. The number of nitrogens with zero attached hydrogens (tertiary/aromatic N) is 1. The summed E-state index contributed by atoms with van der Waals surface area (Å²) < 4.78 is 1.19. The fourth-order valence-electron chi connectivity index (χ4n) is 2.63. The van der Waals surface area contributed by atoms with Crippen LogP contribution >= 0.6 is 39.9 Å². The molecule has 2 amide bonds.